The molecule has 0 radical (unpaired) electrons. The molecule has 0 N–H and O–H groups in total. The molecular formula is C28H23ClN4O2. The van der Waals surface area contributed by atoms with Gasteiger partial charge >= 0.3 is 0 Å². The van der Waals surface area contributed by atoms with Crippen LogP contribution in [0.25, 0.3) is 22.3 Å². The van der Waals surface area contributed by atoms with Crippen LogP contribution in [-0.2, 0) is 11.2 Å². The molecule has 0 atom stereocenters. The highest BCUT2D eigenvalue weighted by atomic mass is 35.5. The zero-order valence-electron chi connectivity index (χ0n) is 19.0. The molecule has 0 spiro atoms. The summed E-state index contributed by atoms with van der Waals surface area (Å²) in [6, 6.07) is 23.6. The molecule has 1 aromatic heterocycles. The highest BCUT2D eigenvalue weighted by molar-refractivity contribution is 6.30. The van der Waals surface area contributed by atoms with Gasteiger partial charge in [0.1, 0.15) is 17.7 Å². The number of rotatable bonds is 3. The van der Waals surface area contributed by atoms with E-state index >= 15 is 0 Å². The normalized spacial score (nSPS) is 15.4. The monoisotopic (exact) mass is 482 g/mol. The molecule has 6 nitrogen and oxygen atoms in total. The molecule has 1 amide bonds. The number of aromatic nitrogens is 2. The summed E-state index contributed by atoms with van der Waals surface area (Å²) in [7, 11) is 0. The Labute approximate surface area is 208 Å². The van der Waals surface area contributed by atoms with Crippen molar-refractivity contribution >= 4 is 34.4 Å². The van der Waals surface area contributed by atoms with Crippen molar-refractivity contribution in [2.24, 2.45) is 0 Å². The largest absolute Gasteiger partial charge is 0.464 e. The first kappa shape index (κ1) is 21.6. The van der Waals surface area contributed by atoms with Crippen molar-refractivity contribution in [3.05, 3.63) is 95.2 Å². The summed E-state index contributed by atoms with van der Waals surface area (Å²) in [6.45, 7) is 2.55. The first-order chi connectivity index (χ1) is 17.2. The third-order valence-electron chi connectivity index (χ3n) is 6.47. The van der Waals surface area contributed by atoms with Gasteiger partial charge in [-0.15, -0.1) is 0 Å². The summed E-state index contributed by atoms with van der Waals surface area (Å²) in [6.07, 6.45) is 2.09. The predicted molar refractivity (Wildman–Crippen MR) is 138 cm³/mol. The summed E-state index contributed by atoms with van der Waals surface area (Å²) in [5.74, 6) is 1.60. The van der Waals surface area contributed by atoms with E-state index in [0.717, 1.165) is 39.4 Å². The van der Waals surface area contributed by atoms with Crippen molar-refractivity contribution in [3.8, 4) is 17.0 Å². The molecule has 1 fully saturated rings. The number of para-hydroxylation sites is 2. The van der Waals surface area contributed by atoms with Crippen LogP contribution in [-0.4, -0.2) is 47.0 Å². The molecule has 4 aromatic rings. The van der Waals surface area contributed by atoms with Gasteiger partial charge in [0.2, 0.25) is 0 Å². The van der Waals surface area contributed by atoms with Crippen molar-refractivity contribution in [1.29, 1.82) is 0 Å². The Morgan fingerprint density at radius 1 is 0.857 bits per heavy atom. The Kier molecular flexibility index (Phi) is 5.58. The fraction of sp³-hybridized carbons (Fsp3) is 0.179. The topological polar surface area (TPSA) is 58.6 Å². The van der Waals surface area contributed by atoms with E-state index in [1.807, 2.05) is 59.5 Å². The Morgan fingerprint density at radius 3 is 2.34 bits per heavy atom. The Bertz CT molecular complexity index is 1450. The van der Waals surface area contributed by atoms with Crippen LogP contribution in [0, 0.1) is 0 Å². The molecule has 3 heterocycles. The highest BCUT2D eigenvalue weighted by Gasteiger charge is 2.28. The van der Waals surface area contributed by atoms with Crippen LogP contribution in [0.15, 0.2) is 84.6 Å². The van der Waals surface area contributed by atoms with Crippen molar-refractivity contribution < 1.29 is 9.53 Å². The maximum Gasteiger partial charge on any atom is 0.253 e. The maximum absolute atomic E-state index is 13.3. The van der Waals surface area contributed by atoms with Gasteiger partial charge in [-0.3, -0.25) is 4.79 Å². The van der Waals surface area contributed by atoms with Crippen LogP contribution in [0.4, 0.5) is 5.82 Å². The van der Waals surface area contributed by atoms with E-state index in [2.05, 4.69) is 17.0 Å². The molecule has 3 aromatic carbocycles. The molecule has 0 bridgehead atoms. The van der Waals surface area contributed by atoms with Gasteiger partial charge in [-0.1, -0.05) is 54.1 Å². The number of ether oxygens (including phenoxy) is 1. The number of hydrogen-bond acceptors (Lipinski definition) is 5. The summed E-state index contributed by atoms with van der Waals surface area (Å²) >= 11 is 6.13. The number of carbonyl (C=O) groups is 1. The molecule has 0 saturated carbocycles. The number of hydrogen-bond donors (Lipinski definition) is 0. The summed E-state index contributed by atoms with van der Waals surface area (Å²) in [5, 5.41) is 0.639. The average molecular weight is 483 g/mol. The molecule has 0 aliphatic carbocycles. The number of fused-ring (bicyclic) bond motifs is 2. The standard InChI is InChI=1S/C28H23ClN4O2/c29-22-10-11-25-20(17-22)16-21(18-35-25)28(34)33-14-12-32(13-15-33)27-26(19-6-2-1-3-7-19)30-23-8-4-5-9-24(23)31-27/h1-11,17-18H,12-16H2. The second-order valence-corrected chi connectivity index (χ2v) is 9.16. The van der Waals surface area contributed by atoms with Crippen LogP contribution in [0.1, 0.15) is 5.56 Å². The zero-order valence-corrected chi connectivity index (χ0v) is 19.8. The quantitative estimate of drug-likeness (QED) is 0.406. The zero-order chi connectivity index (χ0) is 23.8. The van der Waals surface area contributed by atoms with Gasteiger partial charge in [0.15, 0.2) is 5.82 Å². The molecule has 35 heavy (non-hydrogen) atoms. The number of piperazine rings is 1. The van der Waals surface area contributed by atoms with Crippen LogP contribution >= 0.6 is 11.6 Å². The molecular weight excluding hydrogens is 460 g/mol. The van der Waals surface area contributed by atoms with Crippen LogP contribution < -0.4 is 9.64 Å². The van der Waals surface area contributed by atoms with Gasteiger partial charge in [0.25, 0.3) is 5.91 Å². The molecule has 0 unspecified atom stereocenters. The fourth-order valence-corrected chi connectivity index (χ4v) is 4.83. The first-order valence-electron chi connectivity index (χ1n) is 11.7. The summed E-state index contributed by atoms with van der Waals surface area (Å²) < 4.78 is 5.70. The minimum Gasteiger partial charge on any atom is -0.464 e. The van der Waals surface area contributed by atoms with Gasteiger partial charge in [0, 0.05) is 48.7 Å². The van der Waals surface area contributed by atoms with Crippen LogP contribution in [0.3, 0.4) is 0 Å². The lowest BCUT2D eigenvalue weighted by Gasteiger charge is -2.36. The Hall–Kier alpha value is -3.90. The number of halogens is 1. The lowest BCUT2D eigenvalue weighted by atomic mass is 10.0. The Morgan fingerprint density at radius 2 is 1.57 bits per heavy atom. The summed E-state index contributed by atoms with van der Waals surface area (Å²) in [5.41, 5.74) is 5.20. The Balaban J connectivity index is 1.22. The smallest absolute Gasteiger partial charge is 0.253 e. The van der Waals surface area contributed by atoms with Crippen molar-refractivity contribution in [2.45, 2.75) is 6.42 Å². The third kappa shape index (κ3) is 4.21. The van der Waals surface area contributed by atoms with E-state index in [-0.39, 0.29) is 5.91 Å². The molecule has 2 aliphatic heterocycles. The third-order valence-corrected chi connectivity index (χ3v) is 6.71. The lowest BCUT2D eigenvalue weighted by Crippen LogP contribution is -2.49. The van der Waals surface area contributed by atoms with Gasteiger partial charge < -0.3 is 14.5 Å². The van der Waals surface area contributed by atoms with Gasteiger partial charge in [0.05, 0.1) is 16.6 Å². The SMILES string of the molecule is O=C(C1=COc2ccc(Cl)cc2C1)N1CCN(c2nc3ccccc3nc2-c2ccccc2)CC1. The van der Waals surface area contributed by atoms with Crippen molar-refractivity contribution in [3.63, 3.8) is 0 Å². The van der Waals surface area contributed by atoms with E-state index < -0.39 is 0 Å². The number of nitrogens with zero attached hydrogens (tertiary/aromatic N) is 4. The van der Waals surface area contributed by atoms with Crippen molar-refractivity contribution in [2.75, 3.05) is 31.1 Å². The van der Waals surface area contributed by atoms with E-state index in [9.17, 15) is 4.79 Å². The van der Waals surface area contributed by atoms with Gasteiger partial charge in [-0.05, 0) is 30.3 Å². The second kappa shape index (κ2) is 9.04. The van der Waals surface area contributed by atoms with Gasteiger partial charge in [-0.2, -0.15) is 0 Å². The highest BCUT2D eigenvalue weighted by Crippen LogP contribution is 2.32. The van der Waals surface area contributed by atoms with Crippen molar-refractivity contribution in [1.82, 2.24) is 14.9 Å². The molecule has 2 aliphatic rings. The van der Waals surface area contributed by atoms with Gasteiger partial charge in [-0.25, -0.2) is 9.97 Å². The minimum atomic E-state index is 0.00292. The number of amides is 1. The van der Waals surface area contributed by atoms with E-state index in [0.29, 0.717) is 43.2 Å². The van der Waals surface area contributed by atoms with E-state index in [1.54, 1.807) is 12.3 Å². The summed E-state index contributed by atoms with van der Waals surface area (Å²) in [4.78, 5) is 27.3. The number of carbonyl (C=O) groups excluding carboxylic acids is 1. The predicted octanol–water partition coefficient (Wildman–Crippen LogP) is 5.12. The molecule has 174 valence electrons. The maximum atomic E-state index is 13.3. The molecule has 6 rings (SSSR count). The van der Waals surface area contributed by atoms with E-state index in [4.69, 9.17) is 26.3 Å². The number of anilines is 1. The van der Waals surface area contributed by atoms with Crippen LogP contribution in [0.5, 0.6) is 5.75 Å². The molecule has 7 heteroatoms. The number of benzene rings is 3. The average Bonchev–Trinajstić information content (AvgIpc) is 2.92. The lowest BCUT2D eigenvalue weighted by molar-refractivity contribution is -0.127. The fourth-order valence-electron chi connectivity index (χ4n) is 4.63. The van der Waals surface area contributed by atoms with Crippen LogP contribution in [0.2, 0.25) is 5.02 Å². The second-order valence-electron chi connectivity index (χ2n) is 8.72. The minimum absolute atomic E-state index is 0.00292. The molecule has 1 saturated heterocycles. The van der Waals surface area contributed by atoms with E-state index in [1.165, 1.54) is 0 Å². The first-order valence-corrected chi connectivity index (χ1v) is 12.0.